The number of nitrogens with zero attached hydrogens (tertiary/aromatic N) is 1. The minimum atomic E-state index is -1.64. The molecule has 1 aromatic carbocycles. The molecule has 0 unspecified atom stereocenters. The van der Waals surface area contributed by atoms with Gasteiger partial charge in [0.25, 0.3) is 0 Å². The number of likely N-dealkylation sites (tertiary alicyclic amines) is 1. The van der Waals surface area contributed by atoms with E-state index in [4.69, 9.17) is 5.11 Å². The first-order valence-corrected chi connectivity index (χ1v) is 4.84. The highest BCUT2D eigenvalue weighted by Gasteiger charge is 2.47. The van der Waals surface area contributed by atoms with E-state index in [1.165, 1.54) is 12.1 Å². The minimum Gasteiger partial charge on any atom is -0.479 e. The van der Waals surface area contributed by atoms with Crippen LogP contribution >= 0.6 is 0 Å². The fourth-order valence-corrected chi connectivity index (χ4v) is 1.78. The van der Waals surface area contributed by atoms with Gasteiger partial charge in [0.2, 0.25) is 0 Å². The second kappa shape index (κ2) is 3.84. The van der Waals surface area contributed by atoms with Crippen LogP contribution in [0.1, 0.15) is 5.56 Å². The van der Waals surface area contributed by atoms with Crippen molar-refractivity contribution in [2.45, 2.75) is 12.1 Å². The van der Waals surface area contributed by atoms with Crippen molar-refractivity contribution in [1.82, 2.24) is 4.90 Å². The maximum Gasteiger partial charge on any atom is 0.338 e. The maximum absolute atomic E-state index is 12.8. The molecule has 1 radical (unpaired) electrons. The molecule has 0 spiro atoms. The summed E-state index contributed by atoms with van der Waals surface area (Å²) in [5.41, 5.74) is -0.900. The third-order valence-corrected chi connectivity index (χ3v) is 2.61. The van der Waals surface area contributed by atoms with E-state index >= 15 is 0 Å². The van der Waals surface area contributed by atoms with E-state index in [1.54, 1.807) is 11.0 Å². The molecule has 1 aromatic rings. The van der Waals surface area contributed by atoms with Gasteiger partial charge in [-0.15, -0.1) is 0 Å². The van der Waals surface area contributed by atoms with Crippen LogP contribution in [0.25, 0.3) is 0 Å². The van der Waals surface area contributed by atoms with Crippen LogP contribution in [0.5, 0.6) is 0 Å². The van der Waals surface area contributed by atoms with Gasteiger partial charge >= 0.3 is 5.97 Å². The second-order valence-electron chi connectivity index (χ2n) is 4.03. The Kier molecular flexibility index (Phi) is 2.65. The third-order valence-electron chi connectivity index (χ3n) is 2.61. The first-order chi connectivity index (χ1) is 7.49. The Morgan fingerprint density at radius 2 is 2.31 bits per heavy atom. The Labute approximate surface area is 91.9 Å². The van der Waals surface area contributed by atoms with Crippen molar-refractivity contribution >= 4 is 5.97 Å². The lowest BCUT2D eigenvalue weighted by molar-refractivity contribution is -0.178. The molecule has 5 heteroatoms. The Morgan fingerprint density at radius 1 is 1.62 bits per heavy atom. The van der Waals surface area contributed by atoms with Gasteiger partial charge in [0.05, 0.1) is 0 Å². The number of hydrogen-bond acceptors (Lipinski definition) is 3. The molecular formula is C11H11FNO3. The standard InChI is InChI=1S/C11H11FNO3/c12-9-3-1-2-8(4-9)5-13-6-11(16,7-13)10(14)15/h1-2,4,16H,5-7H2,(H,14,15). The van der Waals surface area contributed by atoms with E-state index in [0.717, 1.165) is 5.56 Å². The molecule has 2 N–H and O–H groups in total. The molecular weight excluding hydrogens is 213 g/mol. The van der Waals surface area contributed by atoms with Gasteiger partial charge in [0, 0.05) is 25.7 Å². The van der Waals surface area contributed by atoms with Crippen LogP contribution in [0.4, 0.5) is 4.39 Å². The lowest BCUT2D eigenvalue weighted by Gasteiger charge is -2.43. The van der Waals surface area contributed by atoms with Crippen molar-refractivity contribution in [2.24, 2.45) is 0 Å². The van der Waals surface area contributed by atoms with Crippen molar-refractivity contribution in [3.63, 3.8) is 0 Å². The smallest absolute Gasteiger partial charge is 0.338 e. The van der Waals surface area contributed by atoms with Crippen molar-refractivity contribution in [2.75, 3.05) is 13.1 Å². The predicted octanol–water partition coefficient (Wildman–Crippen LogP) is 0.257. The summed E-state index contributed by atoms with van der Waals surface area (Å²) in [6.07, 6.45) is 0. The molecule has 85 valence electrons. The predicted molar refractivity (Wildman–Crippen MR) is 53.1 cm³/mol. The molecule has 1 aliphatic rings. The van der Waals surface area contributed by atoms with Gasteiger partial charge in [-0.3, -0.25) is 4.90 Å². The zero-order chi connectivity index (χ0) is 11.8. The first kappa shape index (κ1) is 11.0. The van der Waals surface area contributed by atoms with Crippen molar-refractivity contribution in [3.8, 4) is 0 Å². The summed E-state index contributed by atoms with van der Waals surface area (Å²) in [4.78, 5) is 12.4. The fraction of sp³-hybridized carbons (Fsp3) is 0.364. The summed E-state index contributed by atoms with van der Waals surface area (Å²) in [5, 5.41) is 18.1. The van der Waals surface area contributed by atoms with Crippen molar-refractivity contribution in [1.29, 1.82) is 0 Å². The number of carboxylic acids is 1. The van der Waals surface area contributed by atoms with Crippen LogP contribution in [0.3, 0.4) is 0 Å². The summed E-state index contributed by atoms with van der Waals surface area (Å²) >= 11 is 0. The van der Waals surface area contributed by atoms with Gasteiger partial charge in [0.15, 0.2) is 5.60 Å². The van der Waals surface area contributed by atoms with Crippen molar-refractivity contribution in [3.05, 3.63) is 35.6 Å². The van der Waals surface area contributed by atoms with Gasteiger partial charge in [-0.05, 0) is 11.6 Å². The number of β-amino-alcohol motifs (C(OH)–C–C–N with tert-alkyl or cyclic N) is 1. The molecule has 1 aliphatic heterocycles. The molecule has 0 aliphatic carbocycles. The number of carboxylic acid groups (broad SMARTS) is 1. The van der Waals surface area contributed by atoms with Crippen molar-refractivity contribution < 1.29 is 19.4 Å². The first-order valence-electron chi connectivity index (χ1n) is 4.84. The van der Waals surface area contributed by atoms with Gasteiger partial charge in [-0.1, -0.05) is 12.1 Å². The van der Waals surface area contributed by atoms with Crippen LogP contribution in [-0.4, -0.2) is 39.8 Å². The molecule has 4 nitrogen and oxygen atoms in total. The summed E-state index contributed by atoms with van der Waals surface area (Å²) in [6.45, 7) is 0.576. The third kappa shape index (κ3) is 2.05. The van der Waals surface area contributed by atoms with E-state index in [9.17, 15) is 14.3 Å². The van der Waals surface area contributed by atoms with E-state index in [1.807, 2.05) is 0 Å². The van der Waals surface area contributed by atoms with Gasteiger partial charge in [-0.25, -0.2) is 9.18 Å². The molecule has 1 heterocycles. The highest BCUT2D eigenvalue weighted by Crippen LogP contribution is 2.23. The molecule has 1 fully saturated rings. The summed E-state index contributed by atoms with van der Waals surface area (Å²) < 4.78 is 12.8. The largest absolute Gasteiger partial charge is 0.479 e. The summed E-state index contributed by atoms with van der Waals surface area (Å²) in [5.74, 6) is -1.65. The van der Waals surface area contributed by atoms with Crippen LogP contribution in [0, 0.1) is 11.9 Å². The SMILES string of the molecule is O=C(O)C1(O)CN(Cc2cc[c]c(F)c2)C1. The fourth-order valence-electron chi connectivity index (χ4n) is 1.78. The summed E-state index contributed by atoms with van der Waals surface area (Å²) in [7, 11) is 0. The normalized spacial score (nSPS) is 19.1. The minimum absolute atomic E-state index is 0.0720. The molecule has 0 bridgehead atoms. The van der Waals surface area contributed by atoms with Crippen LogP contribution in [0.15, 0.2) is 18.2 Å². The van der Waals surface area contributed by atoms with Gasteiger partial charge < -0.3 is 10.2 Å². The highest BCUT2D eigenvalue weighted by molar-refractivity contribution is 5.79. The number of aliphatic carboxylic acids is 1. The molecule has 0 saturated carbocycles. The quantitative estimate of drug-likeness (QED) is 0.773. The van der Waals surface area contributed by atoms with Crippen LogP contribution in [-0.2, 0) is 11.3 Å². The highest BCUT2D eigenvalue weighted by atomic mass is 19.1. The van der Waals surface area contributed by atoms with E-state index in [-0.39, 0.29) is 13.1 Å². The maximum atomic E-state index is 12.8. The molecule has 1 saturated heterocycles. The Morgan fingerprint density at radius 3 is 2.88 bits per heavy atom. The topological polar surface area (TPSA) is 60.8 Å². The number of rotatable bonds is 3. The number of benzene rings is 1. The number of halogens is 1. The average Bonchev–Trinajstić information content (AvgIpc) is 2.14. The van der Waals surface area contributed by atoms with Crippen LogP contribution < -0.4 is 0 Å². The second-order valence-corrected chi connectivity index (χ2v) is 4.03. The van der Waals surface area contributed by atoms with Crippen LogP contribution in [0.2, 0.25) is 0 Å². The van der Waals surface area contributed by atoms with Gasteiger partial charge in [-0.2, -0.15) is 0 Å². The molecule has 0 amide bonds. The van der Waals surface area contributed by atoms with E-state index < -0.39 is 17.4 Å². The average molecular weight is 224 g/mol. The van der Waals surface area contributed by atoms with E-state index in [2.05, 4.69) is 6.07 Å². The zero-order valence-electron chi connectivity index (χ0n) is 8.48. The molecule has 16 heavy (non-hydrogen) atoms. The Bertz CT molecular complexity index is 415. The number of carbonyl (C=O) groups is 1. The lowest BCUT2D eigenvalue weighted by atomic mass is 9.94. The lowest BCUT2D eigenvalue weighted by Crippen LogP contribution is -2.65. The monoisotopic (exact) mass is 224 g/mol. The zero-order valence-corrected chi connectivity index (χ0v) is 8.48. The van der Waals surface area contributed by atoms with Gasteiger partial charge in [0.1, 0.15) is 5.82 Å². The number of aliphatic hydroxyl groups is 1. The molecule has 2 rings (SSSR count). The Balaban J connectivity index is 1.93. The molecule has 0 aromatic heterocycles. The number of hydrogen-bond donors (Lipinski definition) is 2. The van der Waals surface area contributed by atoms with E-state index in [0.29, 0.717) is 6.54 Å². The molecule has 0 atom stereocenters. The summed E-state index contributed by atoms with van der Waals surface area (Å²) in [6, 6.07) is 6.92. The Hall–Kier alpha value is -1.46.